The highest BCUT2D eigenvalue weighted by molar-refractivity contribution is 7.90. The molecule has 2 N–H and O–H groups in total. The zero-order valence-corrected chi connectivity index (χ0v) is 16.5. The van der Waals surface area contributed by atoms with Crippen LogP contribution < -0.4 is 10.6 Å². The van der Waals surface area contributed by atoms with E-state index in [1.54, 1.807) is 0 Å². The van der Waals surface area contributed by atoms with Crippen LogP contribution in [0.25, 0.3) is 0 Å². The fraction of sp³-hybridized carbons (Fsp3) is 0.941. The topological polar surface area (TPSA) is 73.8 Å². The van der Waals surface area contributed by atoms with Crippen molar-refractivity contribution in [3.8, 4) is 0 Å². The quantitative estimate of drug-likeness (QED) is 0.371. The van der Waals surface area contributed by atoms with Gasteiger partial charge in [-0.05, 0) is 59.2 Å². The molecule has 1 heterocycles. The second-order valence-corrected chi connectivity index (χ2v) is 9.09. The van der Waals surface area contributed by atoms with Crippen LogP contribution in [-0.2, 0) is 9.84 Å². The third-order valence-electron chi connectivity index (χ3n) is 4.25. The zero-order valence-electron chi connectivity index (χ0n) is 15.7. The van der Waals surface area contributed by atoms with E-state index in [0.29, 0.717) is 6.42 Å². The second-order valence-electron chi connectivity index (χ2n) is 6.83. The van der Waals surface area contributed by atoms with Crippen molar-refractivity contribution in [1.29, 1.82) is 0 Å². The number of rotatable bonds is 9. The van der Waals surface area contributed by atoms with Crippen molar-refractivity contribution in [3.63, 3.8) is 0 Å². The highest BCUT2D eigenvalue weighted by Gasteiger charge is 2.10. The molecule has 24 heavy (non-hydrogen) atoms. The van der Waals surface area contributed by atoms with Crippen molar-refractivity contribution < 1.29 is 8.42 Å². The van der Waals surface area contributed by atoms with Gasteiger partial charge in [-0.3, -0.25) is 4.99 Å². The Morgan fingerprint density at radius 2 is 1.88 bits per heavy atom. The van der Waals surface area contributed by atoms with Crippen LogP contribution in [0.2, 0.25) is 0 Å². The first-order chi connectivity index (χ1) is 11.4. The van der Waals surface area contributed by atoms with Gasteiger partial charge in [-0.2, -0.15) is 0 Å². The Balaban J connectivity index is 2.32. The molecule has 1 rings (SSSR count). The first kappa shape index (κ1) is 21.2. The van der Waals surface area contributed by atoms with Crippen LogP contribution in [0.5, 0.6) is 0 Å². The molecule has 1 atom stereocenters. The molecule has 142 valence electrons. The minimum absolute atomic E-state index is 0.0862. The third-order valence-corrected chi connectivity index (χ3v) is 5.23. The molecule has 0 aromatic rings. The molecule has 6 nitrogen and oxygen atoms in total. The lowest BCUT2D eigenvalue weighted by Crippen LogP contribution is -2.43. The minimum Gasteiger partial charge on any atom is -0.357 e. The molecule has 0 saturated carbocycles. The Kier molecular flexibility index (Phi) is 10.3. The zero-order chi connectivity index (χ0) is 17.8. The van der Waals surface area contributed by atoms with Gasteiger partial charge < -0.3 is 15.5 Å². The predicted octanol–water partition coefficient (Wildman–Crippen LogP) is 1.63. The summed E-state index contributed by atoms with van der Waals surface area (Å²) in [6.45, 7) is 9.20. The molecule has 1 aliphatic heterocycles. The van der Waals surface area contributed by atoms with Gasteiger partial charge in [0.2, 0.25) is 0 Å². The fourth-order valence-corrected chi connectivity index (χ4v) is 3.64. The highest BCUT2D eigenvalue weighted by atomic mass is 32.2. The number of aliphatic imine (C=N–C) groups is 1. The molecule has 0 amide bonds. The lowest BCUT2D eigenvalue weighted by atomic mass is 10.2. The molecule has 1 unspecified atom stereocenters. The Morgan fingerprint density at radius 3 is 2.46 bits per heavy atom. The van der Waals surface area contributed by atoms with Crippen LogP contribution in [-0.4, -0.2) is 70.1 Å². The van der Waals surface area contributed by atoms with Crippen LogP contribution in [0.1, 0.15) is 52.4 Å². The van der Waals surface area contributed by atoms with Crippen LogP contribution >= 0.6 is 0 Å². The van der Waals surface area contributed by atoms with Crippen LogP contribution in [0, 0.1) is 0 Å². The lowest BCUT2D eigenvalue weighted by molar-refractivity contribution is 0.283. The second kappa shape index (κ2) is 11.7. The highest BCUT2D eigenvalue weighted by Crippen LogP contribution is 2.09. The monoisotopic (exact) mass is 360 g/mol. The van der Waals surface area contributed by atoms with Crippen molar-refractivity contribution in [2.45, 2.75) is 58.4 Å². The Hall–Kier alpha value is -0.820. The maximum Gasteiger partial charge on any atom is 0.191 e. The maximum absolute atomic E-state index is 11.3. The molecule has 1 fully saturated rings. The van der Waals surface area contributed by atoms with Gasteiger partial charge in [-0.15, -0.1) is 0 Å². The Bertz CT molecular complexity index is 457. The van der Waals surface area contributed by atoms with Gasteiger partial charge in [0, 0.05) is 25.4 Å². The van der Waals surface area contributed by atoms with Gasteiger partial charge in [-0.25, -0.2) is 8.42 Å². The van der Waals surface area contributed by atoms with Crippen molar-refractivity contribution in [3.05, 3.63) is 0 Å². The van der Waals surface area contributed by atoms with Crippen molar-refractivity contribution in [1.82, 2.24) is 15.5 Å². The Morgan fingerprint density at radius 1 is 1.21 bits per heavy atom. The summed E-state index contributed by atoms with van der Waals surface area (Å²) in [6, 6.07) is 0.0862. The van der Waals surface area contributed by atoms with Crippen molar-refractivity contribution in [2.75, 3.05) is 44.7 Å². The average Bonchev–Trinajstić information content (AvgIpc) is 2.78. The van der Waals surface area contributed by atoms with Crippen molar-refractivity contribution >= 4 is 15.8 Å². The largest absolute Gasteiger partial charge is 0.357 e. The summed E-state index contributed by atoms with van der Waals surface area (Å²) >= 11 is 0. The summed E-state index contributed by atoms with van der Waals surface area (Å²) < 4.78 is 22.5. The molecule has 0 aromatic carbocycles. The van der Waals surface area contributed by atoms with E-state index in [1.807, 2.05) is 13.8 Å². The fourth-order valence-electron chi connectivity index (χ4n) is 2.86. The molecule has 0 spiro atoms. The molecular weight excluding hydrogens is 324 g/mol. The smallest absolute Gasteiger partial charge is 0.191 e. The van der Waals surface area contributed by atoms with E-state index >= 15 is 0 Å². The summed E-state index contributed by atoms with van der Waals surface area (Å²) in [7, 11) is -2.91. The van der Waals surface area contributed by atoms with Gasteiger partial charge >= 0.3 is 0 Å². The summed E-state index contributed by atoms with van der Waals surface area (Å²) in [6.07, 6.45) is 8.33. The lowest BCUT2D eigenvalue weighted by Gasteiger charge is -2.20. The van der Waals surface area contributed by atoms with E-state index in [1.165, 1.54) is 45.0 Å². The van der Waals surface area contributed by atoms with Gasteiger partial charge in [0.15, 0.2) is 5.96 Å². The first-order valence-electron chi connectivity index (χ1n) is 9.35. The van der Waals surface area contributed by atoms with Gasteiger partial charge in [-0.1, -0.05) is 12.8 Å². The number of hydrogen-bond donors (Lipinski definition) is 2. The van der Waals surface area contributed by atoms with E-state index in [4.69, 9.17) is 0 Å². The van der Waals surface area contributed by atoms with Crippen molar-refractivity contribution in [2.24, 2.45) is 4.99 Å². The molecule has 0 bridgehead atoms. The van der Waals surface area contributed by atoms with Crippen LogP contribution in [0.15, 0.2) is 4.99 Å². The summed E-state index contributed by atoms with van der Waals surface area (Å²) in [5.41, 5.74) is 0. The van der Waals surface area contributed by atoms with E-state index in [0.717, 1.165) is 32.0 Å². The van der Waals surface area contributed by atoms with Gasteiger partial charge in [0.05, 0.1) is 5.75 Å². The normalized spacial score (nSPS) is 18.9. The molecular formula is C17H36N4O2S. The van der Waals surface area contributed by atoms with Gasteiger partial charge in [0.1, 0.15) is 9.84 Å². The average molecular weight is 361 g/mol. The summed E-state index contributed by atoms with van der Waals surface area (Å²) in [4.78, 5) is 7.18. The molecule has 0 aromatic heterocycles. The molecule has 0 aliphatic carbocycles. The first-order valence-corrected chi connectivity index (χ1v) is 11.4. The number of hydrogen-bond acceptors (Lipinski definition) is 4. The summed E-state index contributed by atoms with van der Waals surface area (Å²) in [5.74, 6) is 0.990. The number of nitrogens with one attached hydrogen (secondary N) is 2. The molecule has 0 radical (unpaired) electrons. The van der Waals surface area contributed by atoms with E-state index in [-0.39, 0.29) is 11.8 Å². The SMILES string of the molecule is CCNC(=NCCCN1CCCCCC1)NC(C)CCS(C)(=O)=O. The minimum atomic E-state index is -2.91. The predicted molar refractivity (Wildman–Crippen MR) is 102 cm³/mol. The number of guanidine groups is 1. The maximum atomic E-state index is 11.3. The third kappa shape index (κ3) is 10.9. The Labute approximate surface area is 148 Å². The molecule has 7 heteroatoms. The van der Waals surface area contributed by atoms with Gasteiger partial charge in [0.25, 0.3) is 0 Å². The summed E-state index contributed by atoms with van der Waals surface area (Å²) in [5, 5.41) is 6.53. The van der Waals surface area contributed by atoms with E-state index < -0.39 is 9.84 Å². The number of sulfone groups is 1. The standard InChI is InChI=1S/C17H36N4O2S/c1-4-18-17(20-16(2)10-15-24(3,22)23)19-11-9-14-21-12-7-5-6-8-13-21/h16H,4-15H2,1-3H3,(H2,18,19,20). The number of likely N-dealkylation sites (tertiary alicyclic amines) is 1. The van der Waals surface area contributed by atoms with E-state index in [2.05, 4.69) is 20.5 Å². The van der Waals surface area contributed by atoms with Crippen LogP contribution in [0.3, 0.4) is 0 Å². The molecule has 1 aliphatic rings. The number of nitrogens with zero attached hydrogens (tertiary/aromatic N) is 2. The van der Waals surface area contributed by atoms with Crippen LogP contribution in [0.4, 0.5) is 0 Å². The molecule has 1 saturated heterocycles. The van der Waals surface area contributed by atoms with E-state index in [9.17, 15) is 8.42 Å².